The monoisotopic (exact) mass is 661 g/mol. The first-order valence-corrected chi connectivity index (χ1v) is 16.1. The van der Waals surface area contributed by atoms with Gasteiger partial charge in [-0.3, -0.25) is 13.9 Å². The quantitative estimate of drug-likeness (QED) is 0.230. The average Bonchev–Trinajstić information content (AvgIpc) is 3.05. The molecule has 0 aliphatic carbocycles. The number of nitrogens with zero attached hydrogens (tertiary/aromatic N) is 2. The zero-order chi connectivity index (χ0) is 33.1. The van der Waals surface area contributed by atoms with Gasteiger partial charge in [-0.25, -0.2) is 8.42 Å². The molecule has 45 heavy (non-hydrogen) atoms. The number of amides is 2. The van der Waals surface area contributed by atoms with Crippen LogP contribution in [-0.4, -0.2) is 72.7 Å². The summed E-state index contributed by atoms with van der Waals surface area (Å²) in [6.07, 6.45) is 1.00. The molecule has 2 amide bonds. The van der Waals surface area contributed by atoms with Gasteiger partial charge in [-0.2, -0.15) is 0 Å². The third-order valence-electron chi connectivity index (χ3n) is 7.08. The van der Waals surface area contributed by atoms with Gasteiger partial charge in [-0.15, -0.1) is 0 Å². The lowest BCUT2D eigenvalue weighted by molar-refractivity contribution is -0.140. The van der Waals surface area contributed by atoms with E-state index in [9.17, 15) is 18.0 Å². The molecule has 0 saturated carbocycles. The first-order valence-electron chi connectivity index (χ1n) is 14.3. The summed E-state index contributed by atoms with van der Waals surface area (Å²) in [6, 6.07) is 14.8. The van der Waals surface area contributed by atoms with Crippen molar-refractivity contribution in [2.45, 2.75) is 44.2 Å². The molecule has 0 saturated heterocycles. The van der Waals surface area contributed by atoms with E-state index >= 15 is 0 Å². The van der Waals surface area contributed by atoms with Crippen LogP contribution in [-0.2, 0) is 26.2 Å². The number of sulfonamides is 1. The number of rotatable bonds is 16. The Morgan fingerprint density at radius 3 is 2.07 bits per heavy atom. The Balaban J connectivity index is 2.16. The molecule has 0 aromatic heterocycles. The van der Waals surface area contributed by atoms with Gasteiger partial charge < -0.3 is 29.2 Å². The lowest BCUT2D eigenvalue weighted by Gasteiger charge is -2.33. The third-order valence-corrected chi connectivity index (χ3v) is 9.07. The van der Waals surface area contributed by atoms with Crippen LogP contribution in [0.1, 0.15) is 32.3 Å². The smallest absolute Gasteiger partial charge is 0.265 e. The van der Waals surface area contributed by atoms with Gasteiger partial charge in [0.05, 0.1) is 39.0 Å². The van der Waals surface area contributed by atoms with Crippen LogP contribution in [0.5, 0.6) is 23.0 Å². The van der Waals surface area contributed by atoms with Crippen LogP contribution >= 0.6 is 11.6 Å². The fourth-order valence-corrected chi connectivity index (χ4v) is 6.29. The summed E-state index contributed by atoms with van der Waals surface area (Å²) in [6.45, 7) is 3.53. The highest BCUT2D eigenvalue weighted by Crippen LogP contribution is 2.37. The number of anilines is 1. The van der Waals surface area contributed by atoms with Crippen molar-refractivity contribution in [2.75, 3.05) is 45.8 Å². The first kappa shape index (κ1) is 35.3. The van der Waals surface area contributed by atoms with E-state index in [4.69, 9.17) is 30.5 Å². The van der Waals surface area contributed by atoms with E-state index < -0.39 is 28.5 Å². The highest BCUT2D eigenvalue weighted by molar-refractivity contribution is 7.92. The van der Waals surface area contributed by atoms with E-state index in [-0.39, 0.29) is 39.6 Å². The molecular formula is C32H40ClN3O8S. The summed E-state index contributed by atoms with van der Waals surface area (Å²) in [4.78, 5) is 28.8. The molecular weight excluding hydrogens is 622 g/mol. The lowest BCUT2D eigenvalue weighted by atomic mass is 10.1. The number of benzene rings is 3. The van der Waals surface area contributed by atoms with Crippen molar-refractivity contribution in [3.8, 4) is 23.0 Å². The van der Waals surface area contributed by atoms with Crippen molar-refractivity contribution >= 4 is 39.1 Å². The number of nitrogens with one attached hydrogen (secondary N) is 1. The second-order valence-corrected chi connectivity index (χ2v) is 12.2. The van der Waals surface area contributed by atoms with Gasteiger partial charge in [0.2, 0.25) is 11.8 Å². The van der Waals surface area contributed by atoms with Crippen molar-refractivity contribution in [3.05, 3.63) is 71.2 Å². The average molecular weight is 662 g/mol. The van der Waals surface area contributed by atoms with Gasteiger partial charge in [0.15, 0.2) is 11.5 Å². The van der Waals surface area contributed by atoms with Crippen molar-refractivity contribution in [1.29, 1.82) is 0 Å². The SMILES string of the molecule is CCCNC(=O)[C@H](CC)N(Cc1ccc(OC)cc1)C(=O)CN(c1cc(Cl)ccc1OC)S(=O)(=O)c1ccc(OC)c(OC)c1. The highest BCUT2D eigenvalue weighted by atomic mass is 35.5. The van der Waals surface area contributed by atoms with E-state index in [1.165, 1.54) is 56.6 Å². The third kappa shape index (κ3) is 8.52. The first-order chi connectivity index (χ1) is 21.5. The zero-order valence-corrected chi connectivity index (χ0v) is 27.9. The molecule has 0 fully saturated rings. The minimum absolute atomic E-state index is 0.0395. The molecule has 0 heterocycles. The predicted molar refractivity (Wildman–Crippen MR) is 173 cm³/mol. The second kappa shape index (κ2) is 16.2. The minimum Gasteiger partial charge on any atom is -0.497 e. The van der Waals surface area contributed by atoms with Gasteiger partial charge >= 0.3 is 0 Å². The molecule has 0 radical (unpaired) electrons. The van der Waals surface area contributed by atoms with Crippen LogP contribution in [0.2, 0.25) is 5.02 Å². The maximum Gasteiger partial charge on any atom is 0.265 e. The number of carbonyl (C=O) groups is 2. The molecule has 13 heteroatoms. The summed E-state index contributed by atoms with van der Waals surface area (Å²) in [5.74, 6) is 0.359. The molecule has 1 N–H and O–H groups in total. The fraction of sp³-hybridized carbons (Fsp3) is 0.375. The molecule has 1 atom stereocenters. The minimum atomic E-state index is -4.44. The zero-order valence-electron chi connectivity index (χ0n) is 26.3. The van der Waals surface area contributed by atoms with Crippen molar-refractivity contribution in [3.63, 3.8) is 0 Å². The summed E-state index contributed by atoms with van der Waals surface area (Å²) in [7, 11) is 1.32. The van der Waals surface area contributed by atoms with Gasteiger partial charge in [-0.05, 0) is 60.9 Å². The molecule has 0 bridgehead atoms. The van der Waals surface area contributed by atoms with Crippen LogP contribution in [0.3, 0.4) is 0 Å². The van der Waals surface area contributed by atoms with Crippen LogP contribution in [0, 0.1) is 0 Å². The van der Waals surface area contributed by atoms with Crippen molar-refractivity contribution in [2.24, 2.45) is 0 Å². The standard InChI is InChI=1S/C32H40ClN3O8S/c1-7-17-34-32(38)26(8-2)35(20-22-9-12-24(41-3)13-10-22)31(37)21-36(27-18-23(33)11-15-28(27)42-4)45(39,40)25-14-16-29(43-5)30(19-25)44-6/h9-16,18-19,26H,7-8,17,20-21H2,1-6H3,(H,34,38)/t26-/m0/s1. The van der Waals surface area contributed by atoms with Gasteiger partial charge in [-0.1, -0.05) is 37.6 Å². The molecule has 0 spiro atoms. The fourth-order valence-electron chi connectivity index (χ4n) is 4.69. The Bertz CT molecular complexity index is 1570. The molecule has 0 aliphatic rings. The number of methoxy groups -OCH3 is 4. The summed E-state index contributed by atoms with van der Waals surface area (Å²) < 4.78 is 51.0. The number of hydrogen-bond acceptors (Lipinski definition) is 8. The normalized spacial score (nSPS) is 11.7. The number of carbonyl (C=O) groups excluding carboxylic acids is 2. The molecule has 3 rings (SSSR count). The Labute approximate surface area is 270 Å². The molecule has 11 nitrogen and oxygen atoms in total. The van der Waals surface area contributed by atoms with E-state index in [2.05, 4.69) is 5.32 Å². The summed E-state index contributed by atoms with van der Waals surface area (Å²) in [5.41, 5.74) is 0.765. The van der Waals surface area contributed by atoms with Crippen LogP contribution in [0.25, 0.3) is 0 Å². The Morgan fingerprint density at radius 2 is 1.49 bits per heavy atom. The summed E-state index contributed by atoms with van der Waals surface area (Å²) >= 11 is 6.32. The highest BCUT2D eigenvalue weighted by Gasteiger charge is 2.35. The molecule has 0 unspecified atom stereocenters. The summed E-state index contributed by atoms with van der Waals surface area (Å²) in [5, 5.41) is 3.09. The van der Waals surface area contributed by atoms with Crippen LogP contribution < -0.4 is 28.6 Å². The number of hydrogen-bond donors (Lipinski definition) is 1. The maximum atomic E-state index is 14.3. The lowest BCUT2D eigenvalue weighted by Crippen LogP contribution is -2.52. The Hall–Kier alpha value is -4.16. The number of ether oxygens (including phenoxy) is 4. The Morgan fingerprint density at radius 1 is 0.844 bits per heavy atom. The van der Waals surface area contributed by atoms with Gasteiger partial charge in [0.1, 0.15) is 24.1 Å². The predicted octanol–water partition coefficient (Wildman–Crippen LogP) is 4.90. The van der Waals surface area contributed by atoms with E-state index in [0.717, 1.165) is 9.87 Å². The van der Waals surface area contributed by atoms with Crippen molar-refractivity contribution in [1.82, 2.24) is 10.2 Å². The second-order valence-electron chi connectivity index (χ2n) is 9.93. The van der Waals surface area contributed by atoms with Gasteiger partial charge in [0, 0.05) is 24.2 Å². The maximum absolute atomic E-state index is 14.3. The van der Waals surface area contributed by atoms with E-state index in [1.54, 1.807) is 44.4 Å². The van der Waals surface area contributed by atoms with E-state index in [0.29, 0.717) is 30.9 Å². The van der Waals surface area contributed by atoms with Crippen molar-refractivity contribution < 1.29 is 37.0 Å². The van der Waals surface area contributed by atoms with E-state index in [1.807, 2.05) is 6.92 Å². The van der Waals surface area contributed by atoms with Crippen LogP contribution in [0.4, 0.5) is 5.69 Å². The largest absolute Gasteiger partial charge is 0.497 e. The molecule has 3 aromatic rings. The number of halogens is 1. The van der Waals surface area contributed by atoms with Gasteiger partial charge in [0.25, 0.3) is 10.0 Å². The molecule has 244 valence electrons. The molecule has 0 aliphatic heterocycles. The Kier molecular flexibility index (Phi) is 12.7. The molecule has 3 aromatic carbocycles. The topological polar surface area (TPSA) is 124 Å². The van der Waals surface area contributed by atoms with Crippen LogP contribution in [0.15, 0.2) is 65.6 Å².